The zero-order chi connectivity index (χ0) is 19.3. The summed E-state index contributed by atoms with van der Waals surface area (Å²) in [4.78, 5) is 0. The number of rotatable bonds is 7. The van der Waals surface area contributed by atoms with Crippen LogP contribution in [0.3, 0.4) is 0 Å². The molecule has 0 aliphatic rings. The van der Waals surface area contributed by atoms with E-state index >= 15 is 0 Å². The summed E-state index contributed by atoms with van der Waals surface area (Å²) in [7, 11) is 0. The van der Waals surface area contributed by atoms with Gasteiger partial charge >= 0.3 is 35.5 Å². The maximum absolute atomic E-state index is 12.9. The van der Waals surface area contributed by atoms with Gasteiger partial charge in [-0.05, 0) is 12.2 Å². The van der Waals surface area contributed by atoms with E-state index in [-0.39, 0.29) is 0 Å². The molecule has 0 unspecified atom stereocenters. The Hall–Kier alpha value is -1.02. The van der Waals surface area contributed by atoms with Crippen molar-refractivity contribution >= 4 is 17.3 Å². The number of aliphatic hydroxyl groups excluding tert-OH is 1. The monoisotopic (exact) mass is 394 g/mol. The molecule has 0 atom stereocenters. The second-order valence-electron chi connectivity index (χ2n) is 4.02. The number of thiocarbonyl (C=S) groups is 1. The molecular weight excluding hydrogens is 391 g/mol. The topological polar surface area (TPSA) is 20.2 Å². The van der Waals surface area contributed by atoms with Crippen molar-refractivity contribution in [3.05, 3.63) is 0 Å². The third-order valence-electron chi connectivity index (χ3n) is 2.47. The normalized spacial score (nSPS) is 15.7. The Balaban J connectivity index is 6.34. The van der Waals surface area contributed by atoms with Crippen LogP contribution >= 0.6 is 12.2 Å². The van der Waals surface area contributed by atoms with E-state index in [4.69, 9.17) is 5.11 Å². The summed E-state index contributed by atoms with van der Waals surface area (Å²) < 4.78 is 164. The minimum Gasteiger partial charge on any atom is -0.498 e. The number of aliphatic hydroxyl groups is 1. The summed E-state index contributed by atoms with van der Waals surface area (Å²) in [5, 5.41) is 4.69. The van der Waals surface area contributed by atoms with Crippen molar-refractivity contribution in [2.24, 2.45) is 0 Å². The maximum atomic E-state index is 12.9. The Kier molecular flexibility index (Phi) is 5.27. The predicted octanol–water partition coefficient (Wildman–Crippen LogP) is 4.65. The van der Waals surface area contributed by atoms with Crippen LogP contribution < -0.4 is 0 Å². The van der Waals surface area contributed by atoms with E-state index in [1.807, 2.05) is 0 Å². The second kappa shape index (κ2) is 5.51. The van der Waals surface area contributed by atoms with Crippen molar-refractivity contribution < 1.29 is 62.2 Å². The summed E-state index contributed by atoms with van der Waals surface area (Å²) in [6.07, 6.45) is 0. The number of alkyl halides is 13. The van der Waals surface area contributed by atoms with E-state index in [0.29, 0.717) is 0 Å². The van der Waals surface area contributed by atoms with Gasteiger partial charge in [0.15, 0.2) is 6.67 Å². The fraction of sp³-hybridized carbons (Fsp3) is 0.875. The highest BCUT2D eigenvalue weighted by molar-refractivity contribution is 7.80. The highest BCUT2D eigenvalue weighted by Gasteiger charge is 2.90. The quantitative estimate of drug-likeness (QED) is 0.501. The Morgan fingerprint density at radius 3 is 1.22 bits per heavy atom. The Morgan fingerprint density at radius 1 is 0.652 bits per heavy atom. The van der Waals surface area contributed by atoms with Gasteiger partial charge in [-0.15, -0.1) is 0 Å². The highest BCUT2D eigenvalue weighted by atomic mass is 32.1. The third kappa shape index (κ3) is 2.69. The average molecular weight is 394 g/mol. The van der Waals surface area contributed by atoms with Crippen molar-refractivity contribution in [3.63, 3.8) is 0 Å². The van der Waals surface area contributed by atoms with Crippen LogP contribution in [0, 0.1) is 0 Å². The second-order valence-corrected chi connectivity index (χ2v) is 4.40. The molecule has 0 spiro atoms. The van der Waals surface area contributed by atoms with Gasteiger partial charge in [0.05, 0.1) is 0 Å². The molecule has 0 heterocycles. The predicted molar refractivity (Wildman–Crippen MR) is 50.9 cm³/mol. The van der Waals surface area contributed by atoms with Crippen LogP contribution in [-0.2, 0) is 0 Å². The Morgan fingerprint density at radius 2 is 0.957 bits per heavy atom. The molecule has 1 N–H and O–H groups in total. The van der Waals surface area contributed by atoms with Crippen LogP contribution in [0.5, 0.6) is 0 Å². The molecule has 1 nitrogen and oxygen atoms in total. The van der Waals surface area contributed by atoms with Crippen LogP contribution in [0.1, 0.15) is 0 Å². The van der Waals surface area contributed by atoms with Gasteiger partial charge in [-0.1, -0.05) is 0 Å². The van der Waals surface area contributed by atoms with E-state index in [1.54, 1.807) is 0 Å². The lowest BCUT2D eigenvalue weighted by Gasteiger charge is -2.40. The highest BCUT2D eigenvalue weighted by Crippen LogP contribution is 2.60. The van der Waals surface area contributed by atoms with Gasteiger partial charge in [0.1, 0.15) is 0 Å². The molecule has 0 saturated carbocycles. The number of hydrogen-bond donors (Lipinski definition) is 1. The van der Waals surface area contributed by atoms with Crippen LogP contribution in [0.25, 0.3) is 0 Å². The summed E-state index contributed by atoms with van der Waals surface area (Å²) in [5.74, 6) is -44.0. The fourth-order valence-electron chi connectivity index (χ4n) is 1.04. The SMILES string of the molecule is OC(=S)C(F)(F)C(F)(F)C(F)(F)C(F)(F)C(F)(F)C(F)(F)CF. The smallest absolute Gasteiger partial charge is 0.386 e. The van der Waals surface area contributed by atoms with Crippen molar-refractivity contribution in [3.8, 4) is 0 Å². The lowest BCUT2D eigenvalue weighted by Crippen LogP contribution is -2.71. The van der Waals surface area contributed by atoms with Gasteiger partial charge in [0, 0.05) is 0 Å². The van der Waals surface area contributed by atoms with Gasteiger partial charge < -0.3 is 5.11 Å². The molecule has 0 aromatic carbocycles. The molecule has 138 valence electrons. The van der Waals surface area contributed by atoms with Crippen LogP contribution in [-0.4, -0.2) is 52.4 Å². The molecule has 0 amide bonds. The molecule has 0 aliphatic carbocycles. The van der Waals surface area contributed by atoms with E-state index in [9.17, 15) is 57.1 Å². The fourth-order valence-corrected chi connectivity index (χ4v) is 1.17. The van der Waals surface area contributed by atoms with Gasteiger partial charge in [-0.2, -0.15) is 52.7 Å². The molecule has 23 heavy (non-hydrogen) atoms. The molecule has 0 aromatic heterocycles. The first-order valence-corrected chi connectivity index (χ1v) is 5.22. The summed E-state index contributed by atoms with van der Waals surface area (Å²) in [5.41, 5.74) is 0. The zero-order valence-electron chi connectivity index (χ0n) is 9.98. The standard InChI is InChI=1S/C8H3F13OS/c9-1-3(10,11)5(14,15)7(18,19)8(20,21)6(16,17)4(12,13)2(22)23/h1H2,(H,22,23). The van der Waals surface area contributed by atoms with E-state index in [2.05, 4.69) is 12.2 Å². The van der Waals surface area contributed by atoms with Crippen molar-refractivity contribution in [2.75, 3.05) is 6.67 Å². The van der Waals surface area contributed by atoms with Crippen molar-refractivity contribution in [1.82, 2.24) is 0 Å². The largest absolute Gasteiger partial charge is 0.498 e. The van der Waals surface area contributed by atoms with E-state index < -0.39 is 47.3 Å². The molecule has 0 aliphatic heterocycles. The van der Waals surface area contributed by atoms with Gasteiger partial charge in [0.2, 0.25) is 5.05 Å². The molecular formula is C8H3F13OS. The number of halogens is 13. The Labute approximate surface area is 123 Å². The minimum atomic E-state index is -7.86. The minimum absolute atomic E-state index is 3.01. The molecule has 0 fully saturated rings. The summed E-state index contributed by atoms with van der Waals surface area (Å²) in [6.45, 7) is -3.69. The molecule has 0 saturated heterocycles. The van der Waals surface area contributed by atoms with Crippen LogP contribution in [0.2, 0.25) is 0 Å². The molecule has 0 aromatic rings. The van der Waals surface area contributed by atoms with Gasteiger partial charge in [0.25, 0.3) is 0 Å². The first-order valence-electron chi connectivity index (χ1n) is 4.82. The molecule has 0 radical (unpaired) electrons. The van der Waals surface area contributed by atoms with Gasteiger partial charge in [-0.25, -0.2) is 4.39 Å². The first-order chi connectivity index (χ1) is 9.75. The van der Waals surface area contributed by atoms with Crippen LogP contribution in [0.4, 0.5) is 57.1 Å². The van der Waals surface area contributed by atoms with Crippen molar-refractivity contribution in [1.29, 1.82) is 0 Å². The molecule has 15 heteroatoms. The van der Waals surface area contributed by atoms with Crippen LogP contribution in [0.15, 0.2) is 0 Å². The summed E-state index contributed by atoms with van der Waals surface area (Å²) >= 11 is 3.01. The zero-order valence-corrected chi connectivity index (χ0v) is 10.8. The average Bonchev–Trinajstić information content (AvgIpc) is 2.37. The molecule has 0 bridgehead atoms. The van der Waals surface area contributed by atoms with E-state index in [1.165, 1.54) is 0 Å². The Bertz CT molecular complexity index is 471. The third-order valence-corrected chi connectivity index (χ3v) is 2.73. The molecule has 0 rings (SSSR count). The van der Waals surface area contributed by atoms with Gasteiger partial charge in [-0.3, -0.25) is 0 Å². The maximum Gasteiger partial charge on any atom is 0.386 e. The number of hydrogen-bond acceptors (Lipinski definition) is 1. The first kappa shape index (κ1) is 22.0. The van der Waals surface area contributed by atoms with E-state index in [0.717, 1.165) is 0 Å². The summed E-state index contributed by atoms with van der Waals surface area (Å²) in [6, 6.07) is 0. The lowest BCUT2D eigenvalue weighted by atomic mass is 9.92. The lowest BCUT2D eigenvalue weighted by molar-refractivity contribution is -0.419. The van der Waals surface area contributed by atoms with Crippen molar-refractivity contribution in [2.45, 2.75) is 35.5 Å².